The SMILES string of the molecule is CC.CC1CCC(N2CC(C)OC(C)C2)CC1. The zero-order chi connectivity index (χ0) is 12.8. The molecule has 0 aromatic rings. The van der Waals surface area contributed by atoms with E-state index < -0.39 is 0 Å². The Hall–Kier alpha value is -0.0800. The highest BCUT2D eigenvalue weighted by atomic mass is 16.5. The molecule has 0 aromatic carbocycles. The highest BCUT2D eigenvalue weighted by molar-refractivity contribution is 4.83. The molecule has 1 aliphatic carbocycles. The summed E-state index contributed by atoms with van der Waals surface area (Å²) >= 11 is 0. The molecule has 2 atom stereocenters. The average Bonchev–Trinajstić information content (AvgIpc) is 2.31. The molecule has 1 saturated carbocycles. The lowest BCUT2D eigenvalue weighted by Crippen LogP contribution is -2.50. The van der Waals surface area contributed by atoms with Crippen molar-refractivity contribution in [2.24, 2.45) is 5.92 Å². The minimum Gasteiger partial charge on any atom is -0.373 e. The Kier molecular flexibility index (Phi) is 6.50. The molecule has 0 spiro atoms. The van der Waals surface area contributed by atoms with E-state index in [1.54, 1.807) is 0 Å². The first-order valence-electron chi connectivity index (χ1n) is 7.54. The Morgan fingerprint density at radius 3 is 1.76 bits per heavy atom. The van der Waals surface area contributed by atoms with E-state index in [0.29, 0.717) is 12.2 Å². The molecule has 1 heterocycles. The molecule has 2 rings (SSSR count). The Balaban J connectivity index is 0.000000686. The zero-order valence-corrected chi connectivity index (χ0v) is 12.4. The minimum atomic E-state index is 0.424. The van der Waals surface area contributed by atoms with Crippen LogP contribution in [-0.4, -0.2) is 36.2 Å². The number of rotatable bonds is 1. The largest absolute Gasteiger partial charge is 0.373 e. The van der Waals surface area contributed by atoms with Crippen molar-refractivity contribution in [1.29, 1.82) is 0 Å². The zero-order valence-electron chi connectivity index (χ0n) is 12.4. The molecular weight excluding hydrogens is 210 g/mol. The highest BCUT2D eigenvalue weighted by Crippen LogP contribution is 2.28. The Morgan fingerprint density at radius 2 is 1.29 bits per heavy atom. The lowest BCUT2D eigenvalue weighted by molar-refractivity contribution is -0.0850. The summed E-state index contributed by atoms with van der Waals surface area (Å²) < 4.78 is 5.79. The van der Waals surface area contributed by atoms with Crippen LogP contribution in [0.25, 0.3) is 0 Å². The number of hydrogen-bond acceptors (Lipinski definition) is 2. The third kappa shape index (κ3) is 4.59. The van der Waals surface area contributed by atoms with E-state index in [4.69, 9.17) is 4.74 Å². The van der Waals surface area contributed by atoms with Crippen molar-refractivity contribution in [3.05, 3.63) is 0 Å². The summed E-state index contributed by atoms with van der Waals surface area (Å²) in [6.07, 6.45) is 6.50. The molecule has 2 fully saturated rings. The monoisotopic (exact) mass is 241 g/mol. The predicted octanol–water partition coefficient (Wildman–Crippen LogP) is 3.70. The fraction of sp³-hybridized carbons (Fsp3) is 1.00. The van der Waals surface area contributed by atoms with Gasteiger partial charge in [0.2, 0.25) is 0 Å². The van der Waals surface area contributed by atoms with E-state index in [1.807, 2.05) is 13.8 Å². The van der Waals surface area contributed by atoms with Gasteiger partial charge in [-0.2, -0.15) is 0 Å². The van der Waals surface area contributed by atoms with Gasteiger partial charge >= 0.3 is 0 Å². The molecule has 17 heavy (non-hydrogen) atoms. The van der Waals surface area contributed by atoms with E-state index >= 15 is 0 Å². The van der Waals surface area contributed by atoms with Crippen LogP contribution < -0.4 is 0 Å². The number of morpholine rings is 1. The van der Waals surface area contributed by atoms with Gasteiger partial charge in [0.15, 0.2) is 0 Å². The topological polar surface area (TPSA) is 12.5 Å². The van der Waals surface area contributed by atoms with Crippen molar-refractivity contribution in [2.75, 3.05) is 13.1 Å². The van der Waals surface area contributed by atoms with Crippen molar-refractivity contribution >= 4 is 0 Å². The third-order valence-electron chi connectivity index (χ3n) is 3.95. The van der Waals surface area contributed by atoms with Gasteiger partial charge in [-0.25, -0.2) is 0 Å². The van der Waals surface area contributed by atoms with E-state index in [0.717, 1.165) is 25.0 Å². The van der Waals surface area contributed by atoms with Crippen LogP contribution in [-0.2, 0) is 4.74 Å². The maximum atomic E-state index is 5.79. The summed E-state index contributed by atoms with van der Waals surface area (Å²) in [5.41, 5.74) is 0. The van der Waals surface area contributed by atoms with Gasteiger partial charge < -0.3 is 4.74 Å². The minimum absolute atomic E-state index is 0.424. The number of ether oxygens (including phenoxy) is 1. The summed E-state index contributed by atoms with van der Waals surface area (Å²) in [7, 11) is 0. The van der Waals surface area contributed by atoms with Crippen LogP contribution in [0, 0.1) is 5.92 Å². The molecule has 0 radical (unpaired) electrons. The Bertz CT molecular complexity index is 189. The maximum absolute atomic E-state index is 5.79. The second-order valence-corrected chi connectivity index (χ2v) is 5.62. The molecule has 0 aromatic heterocycles. The molecule has 1 aliphatic heterocycles. The van der Waals surface area contributed by atoms with Gasteiger partial charge in [-0.3, -0.25) is 4.90 Å². The van der Waals surface area contributed by atoms with Gasteiger partial charge in [0, 0.05) is 19.1 Å². The van der Waals surface area contributed by atoms with E-state index in [2.05, 4.69) is 25.7 Å². The second-order valence-electron chi connectivity index (χ2n) is 5.62. The number of hydrogen-bond donors (Lipinski definition) is 0. The summed E-state index contributed by atoms with van der Waals surface area (Å²) in [5.74, 6) is 0.956. The lowest BCUT2D eigenvalue weighted by atomic mass is 9.86. The van der Waals surface area contributed by atoms with Crippen molar-refractivity contribution in [1.82, 2.24) is 4.90 Å². The van der Waals surface area contributed by atoms with Crippen LogP contribution in [0.2, 0.25) is 0 Å². The molecule has 2 unspecified atom stereocenters. The van der Waals surface area contributed by atoms with Crippen molar-refractivity contribution in [3.8, 4) is 0 Å². The average molecular weight is 241 g/mol. The summed E-state index contributed by atoms with van der Waals surface area (Å²) in [4.78, 5) is 2.67. The fourth-order valence-corrected chi connectivity index (χ4v) is 3.12. The van der Waals surface area contributed by atoms with Gasteiger partial charge in [0.1, 0.15) is 0 Å². The molecule has 2 nitrogen and oxygen atoms in total. The fourth-order valence-electron chi connectivity index (χ4n) is 3.12. The molecular formula is C15H31NO. The molecule has 1 saturated heterocycles. The summed E-state index contributed by atoms with van der Waals surface area (Å²) in [5, 5.41) is 0. The van der Waals surface area contributed by atoms with Gasteiger partial charge in [0.05, 0.1) is 12.2 Å². The van der Waals surface area contributed by atoms with Gasteiger partial charge in [-0.15, -0.1) is 0 Å². The molecule has 102 valence electrons. The molecule has 0 bridgehead atoms. The first-order chi connectivity index (χ1) is 8.15. The van der Waals surface area contributed by atoms with Gasteiger partial charge in [-0.05, 0) is 45.4 Å². The molecule has 2 heteroatoms. The van der Waals surface area contributed by atoms with Crippen LogP contribution in [0.15, 0.2) is 0 Å². The Labute approximate surface area is 108 Å². The lowest BCUT2D eigenvalue weighted by Gasteiger charge is -2.42. The summed E-state index contributed by atoms with van der Waals surface area (Å²) in [6, 6.07) is 0.843. The first kappa shape index (κ1) is 15.0. The molecule has 0 N–H and O–H groups in total. The number of nitrogens with zero attached hydrogens (tertiary/aromatic N) is 1. The Morgan fingerprint density at radius 1 is 0.824 bits per heavy atom. The standard InChI is InChI=1S/C13H25NO.C2H6/c1-10-4-6-13(7-5-10)14-8-11(2)15-12(3)9-14;1-2/h10-13H,4-9H2,1-3H3;1-2H3. The van der Waals surface area contributed by atoms with E-state index in [9.17, 15) is 0 Å². The van der Waals surface area contributed by atoms with Crippen LogP contribution in [0.5, 0.6) is 0 Å². The predicted molar refractivity (Wildman–Crippen MR) is 74.4 cm³/mol. The van der Waals surface area contributed by atoms with Crippen LogP contribution >= 0.6 is 0 Å². The summed E-state index contributed by atoms with van der Waals surface area (Å²) in [6.45, 7) is 13.1. The van der Waals surface area contributed by atoms with Gasteiger partial charge in [-0.1, -0.05) is 20.8 Å². The van der Waals surface area contributed by atoms with Crippen molar-refractivity contribution in [3.63, 3.8) is 0 Å². The van der Waals surface area contributed by atoms with Crippen molar-refractivity contribution < 1.29 is 4.74 Å². The van der Waals surface area contributed by atoms with Crippen molar-refractivity contribution in [2.45, 2.75) is 78.6 Å². The molecule has 2 aliphatic rings. The van der Waals surface area contributed by atoms with Gasteiger partial charge in [0.25, 0.3) is 0 Å². The second kappa shape index (κ2) is 7.38. The van der Waals surface area contributed by atoms with Crippen LogP contribution in [0.3, 0.4) is 0 Å². The highest BCUT2D eigenvalue weighted by Gasteiger charge is 2.29. The van der Waals surface area contributed by atoms with E-state index in [-0.39, 0.29) is 0 Å². The van der Waals surface area contributed by atoms with Crippen LogP contribution in [0.1, 0.15) is 60.3 Å². The molecule has 0 amide bonds. The maximum Gasteiger partial charge on any atom is 0.0678 e. The first-order valence-corrected chi connectivity index (χ1v) is 7.54. The van der Waals surface area contributed by atoms with E-state index in [1.165, 1.54) is 25.7 Å². The smallest absolute Gasteiger partial charge is 0.0678 e. The quantitative estimate of drug-likeness (QED) is 0.694. The third-order valence-corrected chi connectivity index (χ3v) is 3.95. The van der Waals surface area contributed by atoms with Crippen LogP contribution in [0.4, 0.5) is 0 Å². The normalized spacial score (nSPS) is 39.4.